The lowest BCUT2D eigenvalue weighted by molar-refractivity contribution is 0.286. The van der Waals surface area contributed by atoms with Crippen LogP contribution in [0.5, 0.6) is 0 Å². The van der Waals surface area contributed by atoms with E-state index in [0.29, 0.717) is 17.6 Å². The van der Waals surface area contributed by atoms with E-state index in [-0.39, 0.29) is 0 Å². The molecule has 3 heteroatoms. The molecule has 0 spiro atoms. The van der Waals surface area contributed by atoms with Gasteiger partial charge in [-0.25, -0.2) is 0 Å². The van der Waals surface area contributed by atoms with Gasteiger partial charge >= 0.3 is 0 Å². The molecule has 1 aliphatic rings. The molecule has 1 atom stereocenters. The van der Waals surface area contributed by atoms with Crippen molar-refractivity contribution in [3.05, 3.63) is 10.6 Å². The SMILES string of the molecule is C[C@H](NCC(Cl)=CCl)C1CCCCC1. The Bertz CT molecular complexity index is 186. The highest BCUT2D eigenvalue weighted by Crippen LogP contribution is 2.26. The van der Waals surface area contributed by atoms with Crippen LogP contribution >= 0.6 is 23.2 Å². The molecule has 0 aromatic rings. The summed E-state index contributed by atoms with van der Waals surface area (Å²) in [5, 5.41) is 4.11. The quantitative estimate of drug-likeness (QED) is 0.781. The predicted octanol–water partition coefficient (Wildman–Crippen LogP) is 3.86. The summed E-state index contributed by atoms with van der Waals surface area (Å²) in [6, 6.07) is 0.556. The van der Waals surface area contributed by atoms with Gasteiger partial charge in [-0.2, -0.15) is 0 Å². The first-order chi connectivity index (χ1) is 6.74. The molecule has 0 saturated heterocycles. The molecule has 1 saturated carbocycles. The Balaban J connectivity index is 2.22. The highest BCUT2D eigenvalue weighted by atomic mass is 35.5. The second-order valence-electron chi connectivity index (χ2n) is 4.12. The van der Waals surface area contributed by atoms with E-state index < -0.39 is 0 Å². The van der Waals surface area contributed by atoms with E-state index >= 15 is 0 Å². The Kier molecular flexibility index (Phi) is 5.92. The van der Waals surface area contributed by atoms with E-state index in [2.05, 4.69) is 12.2 Å². The van der Waals surface area contributed by atoms with E-state index in [0.717, 1.165) is 5.92 Å². The maximum absolute atomic E-state index is 5.81. The zero-order valence-electron chi connectivity index (χ0n) is 8.73. The maximum atomic E-state index is 5.81. The lowest BCUT2D eigenvalue weighted by atomic mass is 9.84. The van der Waals surface area contributed by atoms with Gasteiger partial charge in [0.1, 0.15) is 0 Å². The normalized spacial score (nSPS) is 22.4. The first-order valence-electron chi connectivity index (χ1n) is 5.42. The van der Waals surface area contributed by atoms with Crippen LogP contribution in [0.15, 0.2) is 10.6 Å². The van der Waals surface area contributed by atoms with Crippen LogP contribution in [0.4, 0.5) is 0 Å². The average Bonchev–Trinajstić information content (AvgIpc) is 2.26. The summed E-state index contributed by atoms with van der Waals surface area (Å²) in [6.07, 6.45) is 6.89. The highest BCUT2D eigenvalue weighted by Gasteiger charge is 2.19. The number of hydrogen-bond donors (Lipinski definition) is 1. The monoisotopic (exact) mass is 235 g/mol. The molecule has 0 aromatic heterocycles. The molecule has 0 aromatic carbocycles. The van der Waals surface area contributed by atoms with E-state index in [1.165, 1.54) is 37.6 Å². The van der Waals surface area contributed by atoms with Crippen LogP contribution in [0, 0.1) is 5.92 Å². The van der Waals surface area contributed by atoms with Crippen molar-refractivity contribution < 1.29 is 0 Å². The molecule has 0 unspecified atom stereocenters. The molecule has 0 amide bonds. The van der Waals surface area contributed by atoms with Gasteiger partial charge in [-0.05, 0) is 25.7 Å². The smallest absolute Gasteiger partial charge is 0.0431 e. The van der Waals surface area contributed by atoms with Gasteiger partial charge in [-0.15, -0.1) is 0 Å². The first kappa shape index (κ1) is 12.4. The van der Waals surface area contributed by atoms with Crippen molar-refractivity contribution in [2.75, 3.05) is 6.54 Å². The van der Waals surface area contributed by atoms with E-state index in [1.54, 1.807) is 0 Å². The van der Waals surface area contributed by atoms with Crippen LogP contribution in [0.1, 0.15) is 39.0 Å². The minimum absolute atomic E-state index is 0.556. The van der Waals surface area contributed by atoms with E-state index in [9.17, 15) is 0 Å². The fourth-order valence-corrected chi connectivity index (χ4v) is 2.25. The fourth-order valence-electron chi connectivity index (χ4n) is 2.10. The van der Waals surface area contributed by atoms with Crippen molar-refractivity contribution in [2.45, 2.75) is 45.1 Å². The molecular formula is C11H19Cl2N. The van der Waals surface area contributed by atoms with Gasteiger partial charge in [0.25, 0.3) is 0 Å². The summed E-state index contributed by atoms with van der Waals surface area (Å²) >= 11 is 11.3. The zero-order valence-corrected chi connectivity index (χ0v) is 10.2. The number of rotatable bonds is 4. The van der Waals surface area contributed by atoms with Crippen molar-refractivity contribution in [3.8, 4) is 0 Å². The van der Waals surface area contributed by atoms with Gasteiger partial charge in [0, 0.05) is 23.2 Å². The molecule has 1 aliphatic carbocycles. The molecule has 1 N–H and O–H groups in total. The van der Waals surface area contributed by atoms with Crippen LogP contribution in [0.3, 0.4) is 0 Å². The van der Waals surface area contributed by atoms with Gasteiger partial charge in [-0.1, -0.05) is 42.5 Å². The Hall–Kier alpha value is 0.280. The van der Waals surface area contributed by atoms with Crippen LogP contribution in [0.25, 0.3) is 0 Å². The Morgan fingerprint density at radius 1 is 1.43 bits per heavy atom. The molecular weight excluding hydrogens is 217 g/mol. The van der Waals surface area contributed by atoms with Gasteiger partial charge < -0.3 is 5.32 Å². The molecule has 0 bridgehead atoms. The predicted molar refractivity (Wildman–Crippen MR) is 63.8 cm³/mol. The number of halogens is 2. The van der Waals surface area contributed by atoms with Crippen molar-refractivity contribution >= 4 is 23.2 Å². The second kappa shape index (κ2) is 6.71. The van der Waals surface area contributed by atoms with Crippen molar-refractivity contribution in [1.29, 1.82) is 0 Å². The van der Waals surface area contributed by atoms with E-state index in [4.69, 9.17) is 23.2 Å². The molecule has 0 heterocycles. The molecule has 14 heavy (non-hydrogen) atoms. The summed E-state index contributed by atoms with van der Waals surface area (Å²) in [4.78, 5) is 0. The lowest BCUT2D eigenvalue weighted by Crippen LogP contribution is -2.35. The lowest BCUT2D eigenvalue weighted by Gasteiger charge is -2.28. The van der Waals surface area contributed by atoms with Crippen LogP contribution in [0.2, 0.25) is 0 Å². The summed E-state index contributed by atoms with van der Waals surface area (Å²) in [5.74, 6) is 0.823. The van der Waals surface area contributed by atoms with Crippen molar-refractivity contribution in [2.24, 2.45) is 5.92 Å². The van der Waals surface area contributed by atoms with Crippen LogP contribution in [-0.4, -0.2) is 12.6 Å². The van der Waals surface area contributed by atoms with Gasteiger partial charge in [0.05, 0.1) is 0 Å². The molecule has 82 valence electrons. The standard InChI is InChI=1S/C11H19Cl2N/c1-9(14-8-11(13)7-12)10-5-3-2-4-6-10/h7,9-10,14H,2-6,8H2,1H3/t9-/m0/s1. The molecule has 1 rings (SSSR count). The largest absolute Gasteiger partial charge is 0.309 e. The molecule has 0 aliphatic heterocycles. The number of hydrogen-bond acceptors (Lipinski definition) is 1. The summed E-state index contributed by atoms with van der Waals surface area (Å²) < 4.78 is 0. The summed E-state index contributed by atoms with van der Waals surface area (Å²) in [5.41, 5.74) is 1.43. The average molecular weight is 236 g/mol. The van der Waals surface area contributed by atoms with Gasteiger partial charge in [0.2, 0.25) is 0 Å². The minimum atomic E-state index is 0.556. The van der Waals surface area contributed by atoms with Crippen LogP contribution < -0.4 is 5.32 Å². The topological polar surface area (TPSA) is 12.0 Å². The fraction of sp³-hybridized carbons (Fsp3) is 0.818. The van der Waals surface area contributed by atoms with Crippen LogP contribution in [-0.2, 0) is 0 Å². The Labute approximate surface area is 96.8 Å². The van der Waals surface area contributed by atoms with E-state index in [1.807, 2.05) is 0 Å². The Morgan fingerprint density at radius 2 is 2.07 bits per heavy atom. The second-order valence-corrected chi connectivity index (χ2v) is 4.83. The molecule has 0 radical (unpaired) electrons. The van der Waals surface area contributed by atoms with Gasteiger partial charge in [0.15, 0.2) is 0 Å². The summed E-state index contributed by atoms with van der Waals surface area (Å²) in [6.45, 7) is 2.94. The third-order valence-corrected chi connectivity index (χ3v) is 3.69. The highest BCUT2D eigenvalue weighted by molar-refractivity contribution is 6.36. The van der Waals surface area contributed by atoms with Crippen molar-refractivity contribution in [3.63, 3.8) is 0 Å². The summed E-state index contributed by atoms with van der Waals surface area (Å²) in [7, 11) is 0. The zero-order chi connectivity index (χ0) is 10.4. The maximum Gasteiger partial charge on any atom is 0.0431 e. The third kappa shape index (κ3) is 4.20. The first-order valence-corrected chi connectivity index (χ1v) is 6.23. The molecule has 1 fully saturated rings. The molecule has 1 nitrogen and oxygen atoms in total. The van der Waals surface area contributed by atoms with Crippen molar-refractivity contribution in [1.82, 2.24) is 5.32 Å². The Morgan fingerprint density at radius 3 is 2.64 bits per heavy atom. The number of nitrogens with one attached hydrogen (secondary N) is 1. The minimum Gasteiger partial charge on any atom is -0.309 e. The van der Waals surface area contributed by atoms with Gasteiger partial charge in [-0.3, -0.25) is 0 Å². The third-order valence-electron chi connectivity index (χ3n) is 3.07.